The number of nitrogens with zero attached hydrogens (tertiary/aromatic N) is 1. The molecule has 7 heteroatoms. The smallest absolute Gasteiger partial charge is 0.282 e. The molecule has 31 heavy (non-hydrogen) atoms. The molecule has 2 atom stereocenters. The zero-order valence-corrected chi connectivity index (χ0v) is 18.6. The predicted molar refractivity (Wildman–Crippen MR) is 124 cm³/mol. The van der Waals surface area contributed by atoms with E-state index in [0.29, 0.717) is 0 Å². The second-order valence-electron chi connectivity index (χ2n) is 7.94. The lowest BCUT2D eigenvalue weighted by atomic mass is 10.1. The van der Waals surface area contributed by atoms with Crippen LogP contribution in [0.4, 0.5) is 17.1 Å². The monoisotopic (exact) mass is 425 g/mol. The van der Waals surface area contributed by atoms with Gasteiger partial charge in [0.05, 0.1) is 20.3 Å². The Bertz CT molecular complexity index is 879. The van der Waals surface area contributed by atoms with Crippen molar-refractivity contribution in [1.82, 2.24) is 0 Å². The topological polar surface area (TPSA) is 75.1 Å². The van der Waals surface area contributed by atoms with Gasteiger partial charge in [-0.3, -0.25) is 9.59 Å². The quantitative estimate of drug-likeness (QED) is 0.600. The molecule has 2 aromatic carbocycles. The average Bonchev–Trinajstić information content (AvgIpc) is 2.79. The molecule has 0 radical (unpaired) electrons. The maximum atomic E-state index is 12.7. The van der Waals surface area contributed by atoms with Gasteiger partial charge in [-0.1, -0.05) is 25.1 Å². The minimum atomic E-state index is -0.369. The number of morpholine rings is 1. The van der Waals surface area contributed by atoms with Gasteiger partial charge in [0, 0.05) is 30.2 Å². The van der Waals surface area contributed by atoms with Crippen molar-refractivity contribution in [2.24, 2.45) is 0 Å². The zero-order chi connectivity index (χ0) is 22.2. The van der Waals surface area contributed by atoms with Crippen LogP contribution in [0.5, 0.6) is 0 Å². The number of quaternary nitrogens is 1. The van der Waals surface area contributed by atoms with E-state index in [-0.39, 0.29) is 24.4 Å². The number of rotatable bonds is 8. The lowest BCUT2D eigenvalue weighted by Crippen LogP contribution is -3.14. The number of nitrogens with one attached hydrogen (secondary N) is 3. The Morgan fingerprint density at radius 3 is 2.42 bits per heavy atom. The molecule has 1 aliphatic heterocycles. The van der Waals surface area contributed by atoms with E-state index in [1.807, 2.05) is 62.5 Å². The summed E-state index contributed by atoms with van der Waals surface area (Å²) in [6.07, 6.45) is 0.849. The highest BCUT2D eigenvalue weighted by Crippen LogP contribution is 2.19. The fraction of sp³-hybridized carbons (Fsp3) is 0.417. The van der Waals surface area contributed by atoms with Gasteiger partial charge in [-0.05, 0) is 49.2 Å². The van der Waals surface area contributed by atoms with E-state index in [4.69, 9.17) is 4.74 Å². The number of likely N-dealkylation sites (N-methyl/N-ethyl adjacent to an activating group) is 1. The van der Waals surface area contributed by atoms with Gasteiger partial charge in [0.2, 0.25) is 0 Å². The van der Waals surface area contributed by atoms with E-state index in [1.165, 1.54) is 0 Å². The first-order valence-corrected chi connectivity index (χ1v) is 10.9. The van der Waals surface area contributed by atoms with Gasteiger partial charge in [-0.2, -0.15) is 0 Å². The van der Waals surface area contributed by atoms with Crippen LogP contribution in [0.2, 0.25) is 0 Å². The van der Waals surface area contributed by atoms with Crippen molar-refractivity contribution in [2.75, 3.05) is 55.4 Å². The van der Waals surface area contributed by atoms with Crippen molar-refractivity contribution in [2.45, 2.75) is 26.3 Å². The van der Waals surface area contributed by atoms with Gasteiger partial charge >= 0.3 is 0 Å². The molecule has 2 amide bonds. The highest BCUT2D eigenvalue weighted by molar-refractivity contribution is 5.95. The van der Waals surface area contributed by atoms with Crippen LogP contribution in [-0.4, -0.2) is 57.8 Å². The highest BCUT2D eigenvalue weighted by Gasteiger charge is 2.24. The Labute approximate surface area is 184 Å². The summed E-state index contributed by atoms with van der Waals surface area (Å²) in [7, 11) is 1.86. The second kappa shape index (κ2) is 10.9. The molecule has 1 fully saturated rings. The average molecular weight is 426 g/mol. The fourth-order valence-corrected chi connectivity index (χ4v) is 3.60. The molecule has 0 aliphatic carbocycles. The molecule has 1 saturated heterocycles. The molecule has 1 heterocycles. The SMILES string of the molecule is CCc1ccccc1NC(=O)C[NH+](C)[C@@H](C)C(=O)Nc1ccc(N2CCOCC2)cc1. The molecule has 3 rings (SSSR count). The molecule has 2 aromatic rings. The van der Waals surface area contributed by atoms with Gasteiger partial charge in [0.15, 0.2) is 12.6 Å². The number of carbonyl (C=O) groups excluding carboxylic acids is 2. The van der Waals surface area contributed by atoms with Crippen LogP contribution in [-0.2, 0) is 20.7 Å². The first-order valence-electron chi connectivity index (χ1n) is 10.9. The van der Waals surface area contributed by atoms with Crippen LogP contribution >= 0.6 is 0 Å². The molecule has 7 nitrogen and oxygen atoms in total. The predicted octanol–water partition coefficient (Wildman–Crippen LogP) is 1.57. The maximum Gasteiger partial charge on any atom is 0.282 e. The molecule has 1 unspecified atom stereocenters. The van der Waals surface area contributed by atoms with Gasteiger partial charge in [0.1, 0.15) is 0 Å². The number of carbonyl (C=O) groups is 2. The Hall–Kier alpha value is -2.90. The van der Waals surface area contributed by atoms with E-state index >= 15 is 0 Å². The Balaban J connectivity index is 1.51. The van der Waals surface area contributed by atoms with Crippen LogP contribution in [0.1, 0.15) is 19.4 Å². The molecule has 0 saturated carbocycles. The molecule has 0 aromatic heterocycles. The molecule has 1 aliphatic rings. The third kappa shape index (κ3) is 6.29. The van der Waals surface area contributed by atoms with Crippen molar-refractivity contribution < 1.29 is 19.2 Å². The third-order valence-electron chi connectivity index (χ3n) is 5.76. The number of ether oxygens (including phenoxy) is 1. The van der Waals surface area contributed by atoms with E-state index < -0.39 is 0 Å². The summed E-state index contributed by atoms with van der Waals surface area (Å²) >= 11 is 0. The molecule has 0 spiro atoms. The van der Waals surface area contributed by atoms with Crippen LogP contribution in [0, 0.1) is 0 Å². The Kier molecular flexibility index (Phi) is 8.03. The fourth-order valence-electron chi connectivity index (χ4n) is 3.60. The molecule has 3 N–H and O–H groups in total. The molecule has 0 bridgehead atoms. The minimum absolute atomic E-state index is 0.104. The van der Waals surface area contributed by atoms with Crippen molar-refractivity contribution in [1.29, 1.82) is 0 Å². The van der Waals surface area contributed by atoms with Crippen molar-refractivity contribution >= 4 is 28.9 Å². The van der Waals surface area contributed by atoms with Gasteiger partial charge in [-0.15, -0.1) is 0 Å². The van der Waals surface area contributed by atoms with Crippen LogP contribution < -0.4 is 20.4 Å². The van der Waals surface area contributed by atoms with E-state index in [9.17, 15) is 9.59 Å². The number of benzene rings is 2. The van der Waals surface area contributed by atoms with Crippen LogP contribution in [0.25, 0.3) is 0 Å². The Morgan fingerprint density at radius 1 is 1.06 bits per heavy atom. The maximum absolute atomic E-state index is 12.7. The standard InChI is InChI=1S/C24H32N4O3/c1-4-19-7-5-6-8-22(19)26-23(29)17-27(3)18(2)24(30)25-20-9-11-21(12-10-20)28-13-15-31-16-14-28/h5-12,18H,4,13-17H2,1-3H3,(H,25,30)(H,26,29)/p+1/t18-/m0/s1. The number of anilines is 3. The summed E-state index contributed by atoms with van der Waals surface area (Å²) in [5.41, 5.74) is 3.81. The highest BCUT2D eigenvalue weighted by atomic mass is 16.5. The third-order valence-corrected chi connectivity index (χ3v) is 5.76. The first-order chi connectivity index (χ1) is 15.0. The zero-order valence-electron chi connectivity index (χ0n) is 18.6. The number of hydrogen-bond acceptors (Lipinski definition) is 4. The van der Waals surface area contributed by atoms with Crippen molar-refractivity contribution in [3.8, 4) is 0 Å². The summed E-state index contributed by atoms with van der Waals surface area (Å²) in [5, 5.41) is 5.93. The number of para-hydroxylation sites is 1. The normalized spacial score (nSPS) is 15.8. The number of hydrogen-bond donors (Lipinski definition) is 3. The second-order valence-corrected chi connectivity index (χ2v) is 7.94. The van der Waals surface area contributed by atoms with E-state index in [0.717, 1.165) is 60.2 Å². The lowest BCUT2D eigenvalue weighted by molar-refractivity contribution is -0.885. The first kappa shape index (κ1) is 22.8. The molecular weight excluding hydrogens is 392 g/mol. The largest absolute Gasteiger partial charge is 0.378 e. The van der Waals surface area contributed by atoms with Crippen molar-refractivity contribution in [3.05, 3.63) is 54.1 Å². The summed E-state index contributed by atoms with van der Waals surface area (Å²) in [6.45, 7) is 7.33. The summed E-state index contributed by atoms with van der Waals surface area (Å²) < 4.78 is 5.39. The molecule has 166 valence electrons. The Morgan fingerprint density at radius 2 is 1.74 bits per heavy atom. The number of aryl methyl sites for hydroxylation is 1. The number of amides is 2. The van der Waals surface area contributed by atoms with E-state index in [2.05, 4.69) is 22.5 Å². The van der Waals surface area contributed by atoms with Crippen LogP contribution in [0.3, 0.4) is 0 Å². The van der Waals surface area contributed by atoms with Gasteiger partial charge < -0.3 is 25.2 Å². The lowest BCUT2D eigenvalue weighted by Gasteiger charge is -2.29. The molecular formula is C24H33N4O3+. The minimum Gasteiger partial charge on any atom is -0.378 e. The summed E-state index contributed by atoms with van der Waals surface area (Å²) in [4.78, 5) is 28.3. The van der Waals surface area contributed by atoms with E-state index in [1.54, 1.807) is 0 Å². The van der Waals surface area contributed by atoms with Gasteiger partial charge in [0.25, 0.3) is 11.8 Å². The van der Waals surface area contributed by atoms with Gasteiger partial charge in [-0.25, -0.2) is 0 Å². The summed E-state index contributed by atoms with van der Waals surface area (Å²) in [6, 6.07) is 15.3. The van der Waals surface area contributed by atoms with Crippen LogP contribution in [0.15, 0.2) is 48.5 Å². The van der Waals surface area contributed by atoms with Crippen molar-refractivity contribution in [3.63, 3.8) is 0 Å². The summed E-state index contributed by atoms with van der Waals surface area (Å²) in [5.74, 6) is -0.216.